The second-order valence-corrected chi connectivity index (χ2v) is 17.6. The lowest BCUT2D eigenvalue weighted by atomic mass is 9.94. The number of nitrogens with zero attached hydrogens (tertiary/aromatic N) is 4. The highest BCUT2D eigenvalue weighted by Crippen LogP contribution is 2.42. The van der Waals surface area contributed by atoms with E-state index in [2.05, 4.69) is 68.1 Å². The number of nitrogens with one attached hydrogen (secondary N) is 5. The molecule has 2 saturated carbocycles. The molecule has 6 amide bonds. The molecule has 8 rings (SSSR count). The molecule has 5 aromatic rings. The molecule has 1 aromatic heterocycles. The van der Waals surface area contributed by atoms with Gasteiger partial charge in [0.2, 0.25) is 17.7 Å². The average molecular weight is 878 g/mol. The first kappa shape index (κ1) is 44.8. The molecule has 0 radical (unpaired) electrons. The second kappa shape index (κ2) is 21.2. The van der Waals surface area contributed by atoms with Crippen molar-refractivity contribution in [1.82, 2.24) is 46.5 Å². The predicted octanol–water partition coefficient (Wildman–Crippen LogP) is 5.58. The highest BCUT2D eigenvalue weighted by atomic mass is 16.2. The first-order valence-electron chi connectivity index (χ1n) is 23.1. The van der Waals surface area contributed by atoms with Crippen LogP contribution in [0.15, 0.2) is 121 Å². The predicted molar refractivity (Wildman–Crippen MR) is 247 cm³/mol. The minimum Gasteiger partial charge on any atom is -0.354 e. The van der Waals surface area contributed by atoms with Gasteiger partial charge in [0.05, 0.1) is 24.6 Å². The zero-order chi connectivity index (χ0) is 45.1. The third kappa shape index (κ3) is 11.9. The van der Waals surface area contributed by atoms with Crippen molar-refractivity contribution < 1.29 is 24.0 Å². The van der Waals surface area contributed by atoms with Crippen LogP contribution in [0.1, 0.15) is 84.3 Å². The summed E-state index contributed by atoms with van der Waals surface area (Å²) in [5, 5.41) is 23.6. The number of urea groups is 1. The fourth-order valence-electron chi connectivity index (χ4n) is 8.85. The van der Waals surface area contributed by atoms with Crippen LogP contribution in [-0.4, -0.2) is 93.9 Å². The molecule has 0 bridgehead atoms. The summed E-state index contributed by atoms with van der Waals surface area (Å²) in [4.78, 5) is 69.8. The number of carbonyl (C=O) groups excluding carboxylic acids is 5. The lowest BCUT2D eigenvalue weighted by molar-refractivity contribution is -0.133. The van der Waals surface area contributed by atoms with E-state index in [1.165, 1.54) is 15.8 Å². The molecule has 14 nitrogen and oxygen atoms in total. The largest absolute Gasteiger partial charge is 0.354 e. The van der Waals surface area contributed by atoms with Gasteiger partial charge in [-0.3, -0.25) is 19.2 Å². The van der Waals surface area contributed by atoms with E-state index >= 15 is 0 Å². The Morgan fingerprint density at radius 3 is 1.85 bits per heavy atom. The van der Waals surface area contributed by atoms with E-state index in [4.69, 9.17) is 0 Å². The van der Waals surface area contributed by atoms with Crippen molar-refractivity contribution in [3.63, 3.8) is 0 Å². The molecule has 338 valence electrons. The summed E-state index contributed by atoms with van der Waals surface area (Å²) in [5.41, 5.74) is 5.08. The van der Waals surface area contributed by atoms with Gasteiger partial charge in [0.25, 0.3) is 5.91 Å². The van der Waals surface area contributed by atoms with Gasteiger partial charge in [0.15, 0.2) is 0 Å². The zero-order valence-corrected chi connectivity index (χ0v) is 36.9. The smallest absolute Gasteiger partial charge is 0.315 e. The molecule has 0 spiro atoms. The third-order valence-corrected chi connectivity index (χ3v) is 12.8. The average Bonchev–Trinajstić information content (AvgIpc) is 4.17. The van der Waals surface area contributed by atoms with E-state index in [9.17, 15) is 24.0 Å². The van der Waals surface area contributed by atoms with Crippen LogP contribution in [0, 0.1) is 11.8 Å². The zero-order valence-electron chi connectivity index (χ0n) is 36.9. The number of hydrogen-bond acceptors (Lipinski definition) is 7. The molecule has 3 aliphatic rings. The van der Waals surface area contributed by atoms with Crippen LogP contribution in [-0.2, 0) is 27.3 Å². The maximum absolute atomic E-state index is 14.1. The van der Waals surface area contributed by atoms with Crippen molar-refractivity contribution in [2.24, 2.45) is 11.8 Å². The van der Waals surface area contributed by atoms with Crippen LogP contribution in [0.3, 0.4) is 0 Å². The van der Waals surface area contributed by atoms with Crippen LogP contribution < -0.4 is 26.6 Å². The van der Waals surface area contributed by atoms with Gasteiger partial charge in [-0.1, -0.05) is 135 Å². The Balaban J connectivity index is 0.898. The molecule has 14 heteroatoms. The SMILES string of the molecule is CCCCCCNC(=O)C(Cn1cc(-c2ccc(C(=O)N3C[C@@H](C(=O)N[C@H]4C[C@@H]4c4ccccc4)[C@H](C(=O)N[C@H]4C[C@@H]4c4ccccc4)C3)cc2)nn1)NC(=O)NCCc1ccccc1. The van der Waals surface area contributed by atoms with Gasteiger partial charge in [-0.2, -0.15) is 0 Å². The molecule has 1 aliphatic heterocycles. The van der Waals surface area contributed by atoms with Gasteiger partial charge in [0.1, 0.15) is 11.7 Å². The minimum atomic E-state index is -0.908. The third-order valence-electron chi connectivity index (χ3n) is 12.8. The Morgan fingerprint density at radius 1 is 0.677 bits per heavy atom. The van der Waals surface area contributed by atoms with Crippen LogP contribution in [0.25, 0.3) is 11.3 Å². The van der Waals surface area contributed by atoms with Crippen molar-refractivity contribution in [2.75, 3.05) is 26.2 Å². The Bertz CT molecular complexity index is 2320. The number of hydrogen-bond donors (Lipinski definition) is 5. The molecular formula is C51H59N9O5. The van der Waals surface area contributed by atoms with E-state index in [-0.39, 0.29) is 67.2 Å². The van der Waals surface area contributed by atoms with Crippen molar-refractivity contribution in [2.45, 2.75) is 88.4 Å². The fourth-order valence-corrected chi connectivity index (χ4v) is 8.85. The van der Waals surface area contributed by atoms with Crippen molar-refractivity contribution in [3.05, 3.63) is 144 Å². The maximum Gasteiger partial charge on any atom is 0.315 e. The number of aromatic nitrogens is 3. The standard InChI is InChI=1S/C51H59N9O5/c1-2-3-4-14-26-52-49(63)46(56-51(65)53-27-25-34-15-8-5-9-16-34)33-60-32-45(57-58-60)37-21-23-38(24-22-37)50(64)59-30-41(47(61)54-43-28-39(43)35-17-10-6-11-18-35)42(31-59)48(62)55-44-29-40(44)36-19-12-7-13-20-36/h5-13,15-24,32,39-44,46H,2-4,14,25-31,33H2,1H3,(H,52,63)(H,54,61)(H,55,62)(H2,53,56,65)/t39-,40-,41-,42-,43+,44+,46?/m1/s1. The van der Waals surface area contributed by atoms with Gasteiger partial charge in [0, 0.05) is 61.2 Å². The number of likely N-dealkylation sites (tertiary alicyclic amines) is 1. The summed E-state index contributed by atoms with van der Waals surface area (Å²) in [6.07, 6.45) is 8.04. The maximum atomic E-state index is 14.1. The Hall–Kier alpha value is -6.83. The van der Waals surface area contributed by atoms with Crippen molar-refractivity contribution in [1.29, 1.82) is 0 Å². The van der Waals surface area contributed by atoms with Crippen molar-refractivity contribution in [3.8, 4) is 11.3 Å². The quantitative estimate of drug-likeness (QED) is 0.0634. The van der Waals surface area contributed by atoms with Crippen LogP contribution in [0.4, 0.5) is 4.79 Å². The minimum absolute atomic E-state index is 0.0101. The van der Waals surface area contributed by atoms with Crippen LogP contribution >= 0.6 is 0 Å². The Morgan fingerprint density at radius 2 is 1.26 bits per heavy atom. The topological polar surface area (TPSA) is 179 Å². The van der Waals surface area contributed by atoms with Gasteiger partial charge in [-0.05, 0) is 54.5 Å². The molecule has 65 heavy (non-hydrogen) atoms. The van der Waals surface area contributed by atoms with E-state index in [0.29, 0.717) is 36.3 Å². The molecular weight excluding hydrogens is 819 g/mol. The van der Waals surface area contributed by atoms with Gasteiger partial charge >= 0.3 is 6.03 Å². The first-order valence-corrected chi connectivity index (χ1v) is 23.1. The number of benzene rings is 4. The number of amides is 6. The molecule has 2 aliphatic carbocycles. The molecule has 7 atom stereocenters. The Kier molecular flexibility index (Phi) is 14.6. The molecule has 1 unspecified atom stereocenters. The molecule has 4 aromatic carbocycles. The Labute approximate surface area is 380 Å². The van der Waals surface area contributed by atoms with E-state index in [1.54, 1.807) is 35.4 Å². The second-order valence-electron chi connectivity index (χ2n) is 17.6. The summed E-state index contributed by atoms with van der Waals surface area (Å²) in [6.45, 7) is 3.34. The summed E-state index contributed by atoms with van der Waals surface area (Å²) in [7, 11) is 0. The summed E-state index contributed by atoms with van der Waals surface area (Å²) >= 11 is 0. The van der Waals surface area contributed by atoms with Crippen molar-refractivity contribution >= 4 is 29.7 Å². The summed E-state index contributed by atoms with van der Waals surface area (Å²) in [5.74, 6) is -1.92. The van der Waals surface area contributed by atoms with E-state index in [0.717, 1.165) is 44.1 Å². The molecule has 5 N–H and O–H groups in total. The van der Waals surface area contributed by atoms with Gasteiger partial charge in [-0.25, -0.2) is 9.48 Å². The van der Waals surface area contributed by atoms with E-state index < -0.39 is 23.9 Å². The van der Waals surface area contributed by atoms with Crippen LogP contribution in [0.5, 0.6) is 0 Å². The monoisotopic (exact) mass is 877 g/mol. The summed E-state index contributed by atoms with van der Waals surface area (Å²) < 4.78 is 1.52. The number of unbranched alkanes of at least 4 members (excludes halogenated alkanes) is 3. The highest BCUT2D eigenvalue weighted by Gasteiger charge is 2.49. The first-order chi connectivity index (χ1) is 31.7. The lowest BCUT2D eigenvalue weighted by Gasteiger charge is -2.19. The molecule has 2 heterocycles. The van der Waals surface area contributed by atoms with Gasteiger partial charge < -0.3 is 31.5 Å². The number of rotatable bonds is 20. The van der Waals surface area contributed by atoms with Gasteiger partial charge in [-0.15, -0.1) is 5.10 Å². The van der Waals surface area contributed by atoms with E-state index in [1.807, 2.05) is 66.7 Å². The summed E-state index contributed by atoms with van der Waals surface area (Å²) in [6, 6.07) is 35.6. The number of carbonyl (C=O) groups is 5. The lowest BCUT2D eigenvalue weighted by Crippen LogP contribution is -2.52. The fraction of sp³-hybridized carbons (Fsp3) is 0.392. The molecule has 3 fully saturated rings. The highest BCUT2D eigenvalue weighted by molar-refractivity contribution is 5.97. The van der Waals surface area contributed by atoms with Crippen LogP contribution in [0.2, 0.25) is 0 Å². The molecule has 1 saturated heterocycles. The normalized spacial score (nSPS) is 21.2.